The van der Waals surface area contributed by atoms with Crippen LogP contribution in [-0.2, 0) is 4.74 Å². The highest BCUT2D eigenvalue weighted by molar-refractivity contribution is 5.90. The first-order chi connectivity index (χ1) is 10.4. The van der Waals surface area contributed by atoms with Crippen LogP contribution in [0.15, 0.2) is 41.5 Å². The summed E-state index contributed by atoms with van der Waals surface area (Å²) >= 11 is 0. The number of carbonyl (C=O) groups excluding carboxylic acids is 1. The molecule has 0 saturated carbocycles. The number of rotatable bonds is 4. The van der Waals surface area contributed by atoms with Crippen molar-refractivity contribution in [1.82, 2.24) is 4.57 Å². The van der Waals surface area contributed by atoms with Crippen LogP contribution in [0.2, 0.25) is 0 Å². The van der Waals surface area contributed by atoms with Crippen LogP contribution >= 0.6 is 0 Å². The normalized spacial score (nSPS) is 10.8. The Hall–Kier alpha value is -2.43. The second kappa shape index (κ2) is 6.56. The lowest BCUT2D eigenvalue weighted by molar-refractivity contribution is 0.0524. The summed E-state index contributed by atoms with van der Waals surface area (Å²) < 4.78 is 19.8. The maximum absolute atomic E-state index is 13.1. The molecular formula is C17H18FNO3. The van der Waals surface area contributed by atoms with E-state index < -0.39 is 11.4 Å². The quantitative estimate of drug-likeness (QED) is 0.813. The fourth-order valence-corrected chi connectivity index (χ4v) is 2.09. The zero-order valence-corrected chi connectivity index (χ0v) is 12.8. The van der Waals surface area contributed by atoms with Gasteiger partial charge in [0.05, 0.1) is 6.61 Å². The maximum Gasteiger partial charge on any atom is 0.343 e. The molecule has 0 bridgehead atoms. The Kier molecular flexibility index (Phi) is 4.75. The number of carbonyl (C=O) groups is 1. The number of pyridine rings is 1. The standard InChI is InChI=1S/C17H18FNO3/c1-4-22-17(21)15-10-19(11(2)3)9-14(16(15)20)12-5-7-13(18)8-6-12/h5-11H,4H2,1-3H3. The molecule has 2 aromatic rings. The molecule has 22 heavy (non-hydrogen) atoms. The van der Waals surface area contributed by atoms with E-state index in [0.29, 0.717) is 11.1 Å². The highest BCUT2D eigenvalue weighted by atomic mass is 19.1. The summed E-state index contributed by atoms with van der Waals surface area (Å²) in [5.41, 5.74) is 0.477. The van der Waals surface area contributed by atoms with Crippen molar-refractivity contribution in [1.29, 1.82) is 0 Å². The highest BCUT2D eigenvalue weighted by Crippen LogP contribution is 2.18. The van der Waals surface area contributed by atoms with Gasteiger partial charge in [-0.2, -0.15) is 0 Å². The van der Waals surface area contributed by atoms with Crippen LogP contribution < -0.4 is 5.43 Å². The fourth-order valence-electron chi connectivity index (χ4n) is 2.09. The smallest absolute Gasteiger partial charge is 0.343 e. The van der Waals surface area contributed by atoms with Gasteiger partial charge in [0, 0.05) is 24.0 Å². The van der Waals surface area contributed by atoms with Crippen molar-refractivity contribution in [3.8, 4) is 11.1 Å². The number of aromatic nitrogens is 1. The summed E-state index contributed by atoms with van der Waals surface area (Å²) in [6, 6.07) is 5.67. The summed E-state index contributed by atoms with van der Waals surface area (Å²) in [5, 5.41) is 0. The number of nitrogens with zero attached hydrogens (tertiary/aromatic N) is 1. The molecule has 0 saturated heterocycles. The molecule has 0 radical (unpaired) electrons. The summed E-state index contributed by atoms with van der Waals surface area (Å²) in [6.45, 7) is 5.76. The first-order valence-corrected chi connectivity index (χ1v) is 7.13. The lowest BCUT2D eigenvalue weighted by Crippen LogP contribution is -2.22. The van der Waals surface area contributed by atoms with Gasteiger partial charge in [0.1, 0.15) is 11.4 Å². The minimum atomic E-state index is -0.647. The van der Waals surface area contributed by atoms with Gasteiger partial charge in [0.2, 0.25) is 5.43 Å². The molecule has 1 aromatic carbocycles. The second-order valence-corrected chi connectivity index (χ2v) is 5.18. The van der Waals surface area contributed by atoms with Gasteiger partial charge in [-0.05, 0) is 38.5 Å². The highest BCUT2D eigenvalue weighted by Gasteiger charge is 2.17. The second-order valence-electron chi connectivity index (χ2n) is 5.18. The van der Waals surface area contributed by atoms with Gasteiger partial charge in [-0.15, -0.1) is 0 Å². The van der Waals surface area contributed by atoms with Crippen molar-refractivity contribution in [2.24, 2.45) is 0 Å². The summed E-state index contributed by atoms with van der Waals surface area (Å²) in [4.78, 5) is 24.5. The summed E-state index contributed by atoms with van der Waals surface area (Å²) in [5.74, 6) is -1.03. The fraction of sp³-hybridized carbons (Fsp3) is 0.294. The lowest BCUT2D eigenvalue weighted by atomic mass is 10.0. The average molecular weight is 303 g/mol. The van der Waals surface area contributed by atoms with Crippen LogP contribution in [0.3, 0.4) is 0 Å². The van der Waals surface area contributed by atoms with E-state index in [1.54, 1.807) is 17.7 Å². The molecule has 0 fully saturated rings. The molecule has 5 heteroatoms. The van der Waals surface area contributed by atoms with Crippen LogP contribution in [0, 0.1) is 5.82 Å². The molecule has 0 N–H and O–H groups in total. The average Bonchev–Trinajstić information content (AvgIpc) is 2.48. The van der Waals surface area contributed by atoms with Gasteiger partial charge < -0.3 is 9.30 Å². The Morgan fingerprint density at radius 2 is 1.86 bits per heavy atom. The Morgan fingerprint density at radius 3 is 2.41 bits per heavy atom. The van der Waals surface area contributed by atoms with Crippen LogP contribution in [0.5, 0.6) is 0 Å². The molecule has 2 rings (SSSR count). The van der Waals surface area contributed by atoms with Gasteiger partial charge >= 0.3 is 5.97 Å². The van der Waals surface area contributed by atoms with Crippen molar-refractivity contribution in [3.05, 3.63) is 58.3 Å². The van der Waals surface area contributed by atoms with Crippen molar-refractivity contribution in [3.63, 3.8) is 0 Å². The molecule has 1 heterocycles. The van der Waals surface area contributed by atoms with Crippen molar-refractivity contribution in [2.45, 2.75) is 26.8 Å². The Labute approximate surface area is 128 Å². The minimum Gasteiger partial charge on any atom is -0.462 e. The number of hydrogen-bond donors (Lipinski definition) is 0. The van der Waals surface area contributed by atoms with E-state index in [9.17, 15) is 14.0 Å². The van der Waals surface area contributed by atoms with Crippen molar-refractivity contribution < 1.29 is 13.9 Å². The lowest BCUT2D eigenvalue weighted by Gasteiger charge is -2.15. The zero-order valence-electron chi connectivity index (χ0n) is 12.8. The molecule has 0 aliphatic heterocycles. The van der Waals surface area contributed by atoms with Gasteiger partial charge in [-0.25, -0.2) is 9.18 Å². The van der Waals surface area contributed by atoms with E-state index in [1.165, 1.54) is 30.5 Å². The van der Waals surface area contributed by atoms with E-state index in [4.69, 9.17) is 4.74 Å². The first-order valence-electron chi connectivity index (χ1n) is 7.13. The predicted octanol–water partition coefficient (Wildman–Crippen LogP) is 3.41. The third-order valence-electron chi connectivity index (χ3n) is 3.29. The first kappa shape index (κ1) is 15.9. The molecule has 4 nitrogen and oxygen atoms in total. The molecule has 1 aromatic heterocycles. The molecule has 0 spiro atoms. The predicted molar refractivity (Wildman–Crippen MR) is 82.4 cm³/mol. The molecule has 0 amide bonds. The third kappa shape index (κ3) is 3.24. The minimum absolute atomic E-state index is 0.0163. The third-order valence-corrected chi connectivity index (χ3v) is 3.29. The van der Waals surface area contributed by atoms with E-state index in [0.717, 1.165) is 0 Å². The number of hydrogen-bond acceptors (Lipinski definition) is 3. The molecule has 0 aliphatic rings. The Balaban J connectivity index is 2.64. The van der Waals surface area contributed by atoms with Crippen LogP contribution in [-0.4, -0.2) is 17.1 Å². The maximum atomic E-state index is 13.1. The van der Waals surface area contributed by atoms with E-state index in [-0.39, 0.29) is 24.0 Å². The van der Waals surface area contributed by atoms with E-state index in [2.05, 4.69) is 0 Å². The van der Waals surface area contributed by atoms with Gasteiger partial charge in [0.15, 0.2) is 0 Å². The topological polar surface area (TPSA) is 48.3 Å². The van der Waals surface area contributed by atoms with Gasteiger partial charge in [-0.1, -0.05) is 12.1 Å². The van der Waals surface area contributed by atoms with Gasteiger partial charge in [-0.3, -0.25) is 4.79 Å². The number of ether oxygens (including phenoxy) is 1. The Bertz CT molecular complexity index is 733. The molecule has 0 aliphatic carbocycles. The monoisotopic (exact) mass is 303 g/mol. The molecule has 116 valence electrons. The largest absolute Gasteiger partial charge is 0.462 e. The van der Waals surface area contributed by atoms with Crippen molar-refractivity contribution >= 4 is 5.97 Å². The molecule has 0 atom stereocenters. The Morgan fingerprint density at radius 1 is 1.23 bits per heavy atom. The number of halogens is 1. The van der Waals surface area contributed by atoms with Crippen LogP contribution in [0.4, 0.5) is 4.39 Å². The van der Waals surface area contributed by atoms with Crippen molar-refractivity contribution in [2.75, 3.05) is 6.61 Å². The summed E-state index contributed by atoms with van der Waals surface area (Å²) in [7, 11) is 0. The number of esters is 1. The molecule has 0 unspecified atom stereocenters. The SMILES string of the molecule is CCOC(=O)c1cn(C(C)C)cc(-c2ccc(F)cc2)c1=O. The van der Waals surface area contributed by atoms with Crippen LogP contribution in [0.1, 0.15) is 37.2 Å². The van der Waals surface area contributed by atoms with Gasteiger partial charge in [0.25, 0.3) is 0 Å². The summed E-state index contributed by atoms with van der Waals surface area (Å²) in [6.07, 6.45) is 3.17. The van der Waals surface area contributed by atoms with E-state index in [1.807, 2.05) is 13.8 Å². The zero-order chi connectivity index (χ0) is 16.3. The van der Waals surface area contributed by atoms with Crippen LogP contribution in [0.25, 0.3) is 11.1 Å². The van der Waals surface area contributed by atoms with E-state index >= 15 is 0 Å². The molecular weight excluding hydrogens is 285 g/mol. The number of benzene rings is 1.